The van der Waals surface area contributed by atoms with Crippen LogP contribution in [0, 0.1) is 0 Å². The number of nitrogens with one attached hydrogen (secondary N) is 1. The van der Waals surface area contributed by atoms with E-state index in [0.717, 1.165) is 24.0 Å². The Kier molecular flexibility index (Phi) is 6.58. The lowest BCUT2D eigenvalue weighted by molar-refractivity contribution is 0.0525. The molecule has 0 radical (unpaired) electrons. The minimum absolute atomic E-state index is 0.214. The first kappa shape index (κ1) is 19.0. The van der Waals surface area contributed by atoms with Crippen LogP contribution in [0.15, 0.2) is 36.7 Å². The third-order valence-corrected chi connectivity index (χ3v) is 3.55. The number of carbonyl (C=O) groups is 1. The zero-order valence-corrected chi connectivity index (χ0v) is 15.2. The SMILES string of the molecule is CC(C)(C)OC(=O)NCCn1cc(-c2ccc(CCCO)cc2)cn1. The van der Waals surface area contributed by atoms with Crippen molar-refractivity contribution in [3.63, 3.8) is 0 Å². The Balaban J connectivity index is 1.84. The molecule has 0 spiro atoms. The highest BCUT2D eigenvalue weighted by Crippen LogP contribution is 2.19. The summed E-state index contributed by atoms with van der Waals surface area (Å²) in [4.78, 5) is 11.6. The first-order valence-corrected chi connectivity index (χ1v) is 8.57. The predicted octanol–water partition coefficient (Wildman–Crippen LogP) is 3.00. The van der Waals surface area contributed by atoms with Gasteiger partial charge in [-0.1, -0.05) is 24.3 Å². The normalized spacial score (nSPS) is 11.4. The van der Waals surface area contributed by atoms with E-state index in [-0.39, 0.29) is 6.61 Å². The highest BCUT2D eigenvalue weighted by atomic mass is 16.6. The van der Waals surface area contributed by atoms with Crippen LogP contribution in [0.5, 0.6) is 0 Å². The molecule has 1 heterocycles. The summed E-state index contributed by atoms with van der Waals surface area (Å²) in [5, 5.41) is 15.9. The van der Waals surface area contributed by atoms with Gasteiger partial charge in [0, 0.05) is 24.9 Å². The van der Waals surface area contributed by atoms with Crippen molar-refractivity contribution >= 4 is 6.09 Å². The lowest BCUT2D eigenvalue weighted by Gasteiger charge is -2.19. The van der Waals surface area contributed by atoms with Gasteiger partial charge in [-0.3, -0.25) is 4.68 Å². The van der Waals surface area contributed by atoms with E-state index in [1.54, 1.807) is 4.68 Å². The third kappa shape index (κ3) is 6.58. The smallest absolute Gasteiger partial charge is 0.407 e. The fourth-order valence-corrected chi connectivity index (χ4v) is 2.37. The molecule has 2 aromatic rings. The molecule has 0 fully saturated rings. The van der Waals surface area contributed by atoms with Gasteiger partial charge >= 0.3 is 6.09 Å². The number of aromatic nitrogens is 2. The van der Waals surface area contributed by atoms with E-state index in [4.69, 9.17) is 9.84 Å². The number of rotatable bonds is 7. The average molecular weight is 345 g/mol. The maximum atomic E-state index is 11.6. The van der Waals surface area contributed by atoms with E-state index in [0.29, 0.717) is 13.1 Å². The van der Waals surface area contributed by atoms with Crippen LogP contribution in [0.3, 0.4) is 0 Å². The number of carbonyl (C=O) groups excluding carboxylic acids is 1. The van der Waals surface area contributed by atoms with Crippen molar-refractivity contribution in [3.05, 3.63) is 42.2 Å². The summed E-state index contributed by atoms with van der Waals surface area (Å²) in [5.41, 5.74) is 2.85. The van der Waals surface area contributed by atoms with Crippen LogP contribution < -0.4 is 5.32 Å². The number of ether oxygens (including phenoxy) is 1. The molecule has 0 saturated carbocycles. The van der Waals surface area contributed by atoms with E-state index < -0.39 is 11.7 Å². The maximum absolute atomic E-state index is 11.6. The highest BCUT2D eigenvalue weighted by Gasteiger charge is 2.15. The number of hydrogen-bond donors (Lipinski definition) is 2. The van der Waals surface area contributed by atoms with Crippen LogP contribution in [0.4, 0.5) is 4.79 Å². The van der Waals surface area contributed by atoms with Gasteiger partial charge in [0.05, 0.1) is 12.7 Å². The van der Waals surface area contributed by atoms with Crippen LogP contribution in [0.25, 0.3) is 11.1 Å². The molecule has 6 heteroatoms. The maximum Gasteiger partial charge on any atom is 0.407 e. The molecule has 1 aromatic heterocycles. The average Bonchev–Trinajstić information content (AvgIpc) is 3.00. The second-order valence-electron chi connectivity index (χ2n) is 6.94. The number of benzene rings is 1. The summed E-state index contributed by atoms with van der Waals surface area (Å²) in [6.45, 7) is 6.75. The van der Waals surface area contributed by atoms with Crippen molar-refractivity contribution in [1.82, 2.24) is 15.1 Å². The Morgan fingerprint density at radius 1 is 1.24 bits per heavy atom. The molecule has 25 heavy (non-hydrogen) atoms. The molecule has 0 aliphatic heterocycles. The van der Waals surface area contributed by atoms with Crippen LogP contribution in [0.1, 0.15) is 32.8 Å². The van der Waals surface area contributed by atoms with E-state index in [9.17, 15) is 4.79 Å². The van der Waals surface area contributed by atoms with Crippen molar-refractivity contribution in [3.8, 4) is 11.1 Å². The van der Waals surface area contributed by atoms with Gasteiger partial charge in [0.1, 0.15) is 5.60 Å². The predicted molar refractivity (Wildman–Crippen MR) is 97.3 cm³/mol. The Morgan fingerprint density at radius 3 is 2.60 bits per heavy atom. The van der Waals surface area contributed by atoms with Gasteiger partial charge in [-0.15, -0.1) is 0 Å². The molecule has 0 unspecified atom stereocenters. The third-order valence-electron chi connectivity index (χ3n) is 3.55. The summed E-state index contributed by atoms with van der Waals surface area (Å²) in [6.07, 6.45) is 5.02. The van der Waals surface area contributed by atoms with Crippen LogP contribution in [0.2, 0.25) is 0 Å². The number of nitrogens with zero attached hydrogens (tertiary/aromatic N) is 2. The van der Waals surface area contributed by atoms with Crippen LogP contribution in [-0.4, -0.2) is 39.7 Å². The number of aliphatic hydroxyl groups excluding tert-OH is 1. The quantitative estimate of drug-likeness (QED) is 0.809. The number of amides is 1. The molecular weight excluding hydrogens is 318 g/mol. The standard InChI is InChI=1S/C19H27N3O3/c1-19(2,3)25-18(24)20-10-11-22-14-17(13-21-22)16-8-6-15(7-9-16)5-4-12-23/h6-9,13-14,23H,4-5,10-12H2,1-3H3,(H,20,24). The number of aliphatic hydroxyl groups is 1. The molecule has 0 bridgehead atoms. The summed E-state index contributed by atoms with van der Waals surface area (Å²) in [5.74, 6) is 0. The van der Waals surface area contributed by atoms with Crippen molar-refractivity contribution in [1.29, 1.82) is 0 Å². The summed E-state index contributed by atoms with van der Waals surface area (Å²) in [7, 11) is 0. The largest absolute Gasteiger partial charge is 0.444 e. The van der Waals surface area contributed by atoms with Crippen LogP contribution >= 0.6 is 0 Å². The zero-order valence-electron chi connectivity index (χ0n) is 15.2. The van der Waals surface area contributed by atoms with Gasteiger partial charge in [-0.05, 0) is 44.7 Å². The van der Waals surface area contributed by atoms with Crippen LogP contribution in [-0.2, 0) is 17.7 Å². The molecule has 1 aromatic carbocycles. The van der Waals surface area contributed by atoms with Crippen molar-refractivity contribution in [2.45, 2.75) is 45.8 Å². The minimum Gasteiger partial charge on any atom is -0.444 e. The Morgan fingerprint density at radius 2 is 1.96 bits per heavy atom. The van der Waals surface area contributed by atoms with Crippen molar-refractivity contribution < 1.29 is 14.6 Å². The first-order valence-electron chi connectivity index (χ1n) is 8.57. The van der Waals surface area contributed by atoms with E-state index in [1.807, 2.05) is 33.2 Å². The molecule has 0 aliphatic rings. The molecule has 0 aliphatic carbocycles. The van der Waals surface area contributed by atoms with E-state index in [2.05, 4.69) is 34.7 Å². The monoisotopic (exact) mass is 345 g/mol. The fourth-order valence-electron chi connectivity index (χ4n) is 2.37. The van der Waals surface area contributed by atoms with Crippen molar-refractivity contribution in [2.24, 2.45) is 0 Å². The second kappa shape index (κ2) is 8.67. The topological polar surface area (TPSA) is 76.4 Å². The molecule has 1 amide bonds. The summed E-state index contributed by atoms with van der Waals surface area (Å²) >= 11 is 0. The Bertz CT molecular complexity index is 672. The van der Waals surface area contributed by atoms with Gasteiger partial charge < -0.3 is 15.2 Å². The van der Waals surface area contributed by atoms with Gasteiger partial charge in [-0.2, -0.15) is 5.10 Å². The van der Waals surface area contributed by atoms with E-state index >= 15 is 0 Å². The van der Waals surface area contributed by atoms with Crippen molar-refractivity contribution in [2.75, 3.05) is 13.2 Å². The molecule has 136 valence electrons. The minimum atomic E-state index is -0.494. The zero-order chi connectivity index (χ0) is 18.3. The highest BCUT2D eigenvalue weighted by molar-refractivity contribution is 5.67. The number of aryl methyl sites for hydroxylation is 1. The summed E-state index contributed by atoms with van der Waals surface area (Å²) < 4.78 is 6.99. The van der Waals surface area contributed by atoms with Gasteiger partial charge in [0.15, 0.2) is 0 Å². The molecular formula is C19H27N3O3. The lowest BCUT2D eigenvalue weighted by atomic mass is 10.0. The summed E-state index contributed by atoms with van der Waals surface area (Å²) in [6, 6.07) is 8.28. The number of alkyl carbamates (subject to hydrolysis) is 1. The molecule has 2 N–H and O–H groups in total. The molecule has 6 nitrogen and oxygen atoms in total. The second-order valence-corrected chi connectivity index (χ2v) is 6.94. The Hall–Kier alpha value is -2.34. The molecule has 0 saturated heterocycles. The van der Waals surface area contributed by atoms with E-state index in [1.165, 1.54) is 5.56 Å². The van der Waals surface area contributed by atoms with Gasteiger partial charge in [-0.25, -0.2) is 4.79 Å². The fraction of sp³-hybridized carbons (Fsp3) is 0.474. The lowest BCUT2D eigenvalue weighted by Crippen LogP contribution is -2.34. The van der Waals surface area contributed by atoms with Gasteiger partial charge in [0.2, 0.25) is 0 Å². The van der Waals surface area contributed by atoms with Gasteiger partial charge in [0.25, 0.3) is 0 Å². The number of hydrogen-bond acceptors (Lipinski definition) is 4. The Labute approximate surface area is 148 Å². The molecule has 0 atom stereocenters. The first-order chi connectivity index (χ1) is 11.9. The molecule has 2 rings (SSSR count).